The number of carboxylic acids is 1. The number of carbonyl (C=O) groups excluding carboxylic acids is 1. The van der Waals surface area contributed by atoms with Crippen molar-refractivity contribution >= 4 is 51.9 Å². The zero-order chi connectivity index (χ0) is 13.3. The van der Waals surface area contributed by atoms with Crippen molar-refractivity contribution in [3.63, 3.8) is 0 Å². The second kappa shape index (κ2) is 5.31. The van der Waals surface area contributed by atoms with Crippen LogP contribution < -0.4 is 5.32 Å². The van der Waals surface area contributed by atoms with E-state index in [-0.39, 0.29) is 19.1 Å². The molecule has 0 radical (unpaired) electrons. The lowest BCUT2D eigenvalue weighted by Gasteiger charge is -2.36. The summed E-state index contributed by atoms with van der Waals surface area (Å²) in [6, 6.07) is 4.98. The van der Waals surface area contributed by atoms with Crippen LogP contribution in [-0.2, 0) is 4.79 Å². The van der Waals surface area contributed by atoms with Gasteiger partial charge in [0.25, 0.3) is 0 Å². The quantitative estimate of drug-likeness (QED) is 0.775. The van der Waals surface area contributed by atoms with Gasteiger partial charge in [-0.25, -0.2) is 4.79 Å². The van der Waals surface area contributed by atoms with Gasteiger partial charge < -0.3 is 15.3 Å². The van der Waals surface area contributed by atoms with Crippen LogP contribution in [0.3, 0.4) is 0 Å². The molecule has 0 aliphatic carbocycles. The second-order valence-corrected chi connectivity index (χ2v) is 5.65. The number of amides is 2. The molecule has 1 fully saturated rings. The molecule has 2 N–H and O–H groups in total. The Morgan fingerprint density at radius 3 is 2.72 bits per heavy atom. The highest BCUT2D eigenvalue weighted by molar-refractivity contribution is 14.1. The molecule has 0 aromatic heterocycles. The number of aliphatic carboxylic acids is 1. The third kappa shape index (κ3) is 2.86. The van der Waals surface area contributed by atoms with Gasteiger partial charge in [0, 0.05) is 16.7 Å². The molecule has 0 saturated carbocycles. The van der Waals surface area contributed by atoms with Crippen molar-refractivity contribution in [2.24, 2.45) is 5.92 Å². The number of nitrogens with one attached hydrogen (secondary N) is 1. The van der Waals surface area contributed by atoms with Crippen molar-refractivity contribution in [3.8, 4) is 0 Å². The minimum atomic E-state index is -0.869. The van der Waals surface area contributed by atoms with Crippen LogP contribution in [0.2, 0.25) is 5.02 Å². The number of likely N-dealkylation sites (tertiary alicyclic amines) is 1. The van der Waals surface area contributed by atoms with Crippen molar-refractivity contribution in [3.05, 3.63) is 26.8 Å². The van der Waals surface area contributed by atoms with Gasteiger partial charge in [0.05, 0.1) is 16.6 Å². The largest absolute Gasteiger partial charge is 0.481 e. The van der Waals surface area contributed by atoms with Crippen LogP contribution in [0.1, 0.15) is 0 Å². The zero-order valence-electron chi connectivity index (χ0n) is 9.19. The first-order chi connectivity index (χ1) is 8.47. The number of anilines is 1. The van der Waals surface area contributed by atoms with Gasteiger partial charge in [-0.15, -0.1) is 0 Å². The molecule has 1 aliphatic rings. The third-order valence-electron chi connectivity index (χ3n) is 2.69. The summed E-state index contributed by atoms with van der Waals surface area (Å²) < 4.78 is 0.958. The first-order valence-corrected chi connectivity index (χ1v) is 6.67. The van der Waals surface area contributed by atoms with Gasteiger partial charge in [-0.1, -0.05) is 11.6 Å². The summed E-state index contributed by atoms with van der Waals surface area (Å²) in [7, 11) is 0. The van der Waals surface area contributed by atoms with E-state index in [0.717, 1.165) is 3.57 Å². The number of carbonyl (C=O) groups is 2. The Balaban J connectivity index is 1.96. The van der Waals surface area contributed by atoms with Gasteiger partial charge in [-0.05, 0) is 40.8 Å². The number of halogens is 2. The summed E-state index contributed by atoms with van der Waals surface area (Å²) in [5.41, 5.74) is 0.535. The monoisotopic (exact) mass is 380 g/mol. The van der Waals surface area contributed by atoms with Crippen LogP contribution in [0.15, 0.2) is 18.2 Å². The minimum absolute atomic E-state index is 0.239. The standard InChI is InChI=1S/C11H10ClIN2O3/c12-8-2-1-7(13)3-9(8)14-11(18)15-4-6(5-15)10(16)17/h1-3,6H,4-5H2,(H,14,18)(H,16,17). The molecule has 0 atom stereocenters. The third-order valence-corrected chi connectivity index (χ3v) is 3.69. The minimum Gasteiger partial charge on any atom is -0.481 e. The SMILES string of the molecule is O=C(O)C1CN(C(=O)Nc2cc(I)ccc2Cl)C1. The van der Waals surface area contributed by atoms with Crippen LogP contribution >= 0.6 is 34.2 Å². The predicted molar refractivity (Wildman–Crippen MR) is 75.9 cm³/mol. The number of rotatable bonds is 2. The Kier molecular flexibility index (Phi) is 3.96. The van der Waals surface area contributed by atoms with E-state index in [1.54, 1.807) is 12.1 Å². The predicted octanol–water partition coefficient (Wildman–Crippen LogP) is 2.49. The van der Waals surface area contributed by atoms with Crippen molar-refractivity contribution in [1.82, 2.24) is 4.90 Å². The van der Waals surface area contributed by atoms with Gasteiger partial charge in [0.1, 0.15) is 0 Å². The molecule has 1 aromatic rings. The summed E-state index contributed by atoms with van der Waals surface area (Å²) >= 11 is 8.07. The number of urea groups is 1. The lowest BCUT2D eigenvalue weighted by atomic mass is 10.0. The number of nitrogens with zero attached hydrogens (tertiary/aromatic N) is 1. The van der Waals surface area contributed by atoms with Gasteiger partial charge in [-0.3, -0.25) is 4.79 Å². The summed E-state index contributed by atoms with van der Waals surface area (Å²) in [5, 5.41) is 11.8. The fourth-order valence-electron chi connectivity index (χ4n) is 1.59. The normalized spacial score (nSPS) is 15.1. The highest BCUT2D eigenvalue weighted by Gasteiger charge is 2.35. The van der Waals surface area contributed by atoms with E-state index in [1.165, 1.54) is 4.90 Å². The second-order valence-electron chi connectivity index (χ2n) is 3.99. The van der Waals surface area contributed by atoms with E-state index in [9.17, 15) is 9.59 Å². The van der Waals surface area contributed by atoms with Crippen LogP contribution in [-0.4, -0.2) is 35.1 Å². The number of hydrogen-bond acceptors (Lipinski definition) is 2. The Morgan fingerprint density at radius 2 is 2.11 bits per heavy atom. The van der Waals surface area contributed by atoms with Crippen molar-refractivity contribution in [2.45, 2.75) is 0 Å². The number of carboxylic acid groups (broad SMARTS) is 1. The van der Waals surface area contributed by atoms with Crippen LogP contribution in [0.25, 0.3) is 0 Å². The van der Waals surface area contributed by atoms with Gasteiger partial charge >= 0.3 is 12.0 Å². The molecular weight excluding hydrogens is 370 g/mol. The molecule has 1 aromatic carbocycles. The molecule has 1 saturated heterocycles. The maximum atomic E-state index is 11.8. The summed E-state index contributed by atoms with van der Waals surface area (Å²) in [6.07, 6.45) is 0. The van der Waals surface area contributed by atoms with E-state index in [1.807, 2.05) is 6.07 Å². The molecule has 2 rings (SSSR count). The molecule has 0 bridgehead atoms. The average Bonchev–Trinajstić information content (AvgIpc) is 2.20. The lowest BCUT2D eigenvalue weighted by Crippen LogP contribution is -2.54. The fourth-order valence-corrected chi connectivity index (χ4v) is 2.24. The van der Waals surface area contributed by atoms with E-state index >= 15 is 0 Å². The van der Waals surface area contributed by atoms with Gasteiger partial charge in [0.2, 0.25) is 0 Å². The molecule has 5 nitrogen and oxygen atoms in total. The van der Waals surface area contributed by atoms with E-state index in [0.29, 0.717) is 10.7 Å². The van der Waals surface area contributed by atoms with E-state index in [2.05, 4.69) is 27.9 Å². The topological polar surface area (TPSA) is 69.6 Å². The summed E-state index contributed by atoms with van der Waals surface area (Å²) in [4.78, 5) is 23.9. The van der Waals surface area contributed by atoms with E-state index in [4.69, 9.17) is 16.7 Å². The fraction of sp³-hybridized carbons (Fsp3) is 0.273. The van der Waals surface area contributed by atoms with Crippen LogP contribution in [0.4, 0.5) is 10.5 Å². The first-order valence-electron chi connectivity index (χ1n) is 5.21. The Morgan fingerprint density at radius 1 is 1.44 bits per heavy atom. The van der Waals surface area contributed by atoms with E-state index < -0.39 is 11.9 Å². The molecule has 0 unspecified atom stereocenters. The molecule has 1 aliphatic heterocycles. The van der Waals surface area contributed by atoms with Crippen molar-refractivity contribution in [1.29, 1.82) is 0 Å². The maximum absolute atomic E-state index is 11.8. The summed E-state index contributed by atoms with van der Waals surface area (Å²) in [5.74, 6) is -1.33. The van der Waals surface area contributed by atoms with Crippen LogP contribution in [0, 0.1) is 9.49 Å². The highest BCUT2D eigenvalue weighted by Crippen LogP contribution is 2.25. The van der Waals surface area contributed by atoms with Crippen LogP contribution in [0.5, 0.6) is 0 Å². The highest BCUT2D eigenvalue weighted by atomic mass is 127. The number of hydrogen-bond donors (Lipinski definition) is 2. The number of benzene rings is 1. The smallest absolute Gasteiger partial charge is 0.321 e. The molecular formula is C11H10ClIN2O3. The molecule has 2 amide bonds. The molecule has 18 heavy (non-hydrogen) atoms. The van der Waals surface area contributed by atoms with Gasteiger partial charge in [-0.2, -0.15) is 0 Å². The zero-order valence-corrected chi connectivity index (χ0v) is 12.1. The van der Waals surface area contributed by atoms with Crippen molar-refractivity contribution < 1.29 is 14.7 Å². The molecule has 7 heteroatoms. The Hall–Kier alpha value is -1.02. The Bertz CT molecular complexity index is 503. The maximum Gasteiger partial charge on any atom is 0.321 e. The molecule has 0 spiro atoms. The summed E-state index contributed by atoms with van der Waals surface area (Å²) in [6.45, 7) is 0.478. The molecule has 96 valence electrons. The van der Waals surface area contributed by atoms with Gasteiger partial charge in [0.15, 0.2) is 0 Å². The first kappa shape index (κ1) is 13.4. The Labute approximate surface area is 122 Å². The van der Waals surface area contributed by atoms with Crippen molar-refractivity contribution in [2.75, 3.05) is 18.4 Å². The average molecular weight is 381 g/mol. The molecule has 1 heterocycles. The lowest BCUT2D eigenvalue weighted by molar-refractivity contribution is -0.145.